The maximum Gasteiger partial charge on any atom is 0.153 e. The molecule has 0 atom stereocenters. The van der Waals surface area contributed by atoms with Crippen LogP contribution in [-0.4, -0.2) is 23.6 Å². The Morgan fingerprint density at radius 3 is 2.53 bits per heavy atom. The van der Waals surface area contributed by atoms with Gasteiger partial charge in [0, 0.05) is 6.04 Å². The molecular formula is C11H15N3O. The van der Waals surface area contributed by atoms with E-state index in [1.807, 2.05) is 0 Å². The minimum atomic E-state index is 0.228. The van der Waals surface area contributed by atoms with Crippen molar-refractivity contribution in [2.45, 2.75) is 18.9 Å². The van der Waals surface area contributed by atoms with Crippen molar-refractivity contribution in [2.75, 3.05) is 6.54 Å². The molecule has 2 rings (SSSR count). The minimum Gasteiger partial charge on any atom is -0.409 e. The number of rotatable bonds is 3. The molecule has 80 valence electrons. The third kappa shape index (κ3) is 2.27. The minimum absolute atomic E-state index is 0.228. The lowest BCUT2D eigenvalue weighted by molar-refractivity contribution is 0.316. The molecule has 0 amide bonds. The number of hydrogen-bond acceptors (Lipinski definition) is 3. The van der Waals surface area contributed by atoms with Crippen LogP contribution in [0.1, 0.15) is 11.1 Å². The Labute approximate surface area is 88.8 Å². The SMILES string of the molecule is N/C(CNC1Cc2ccccc2C1)=N/O. The molecular weight excluding hydrogens is 190 g/mol. The van der Waals surface area contributed by atoms with Gasteiger partial charge in [0.2, 0.25) is 0 Å². The fourth-order valence-corrected chi connectivity index (χ4v) is 1.99. The van der Waals surface area contributed by atoms with E-state index in [0.717, 1.165) is 12.8 Å². The summed E-state index contributed by atoms with van der Waals surface area (Å²) < 4.78 is 0. The fourth-order valence-electron chi connectivity index (χ4n) is 1.99. The van der Waals surface area contributed by atoms with E-state index in [2.05, 4.69) is 34.7 Å². The lowest BCUT2D eigenvalue weighted by Crippen LogP contribution is -2.37. The second-order valence-electron chi connectivity index (χ2n) is 3.85. The van der Waals surface area contributed by atoms with Gasteiger partial charge in [-0.2, -0.15) is 0 Å². The number of amidine groups is 1. The molecule has 1 aliphatic carbocycles. The summed E-state index contributed by atoms with van der Waals surface area (Å²) in [4.78, 5) is 0. The Morgan fingerprint density at radius 1 is 1.40 bits per heavy atom. The van der Waals surface area contributed by atoms with E-state index in [1.165, 1.54) is 11.1 Å². The average Bonchev–Trinajstić information content (AvgIpc) is 2.68. The van der Waals surface area contributed by atoms with Gasteiger partial charge in [-0.15, -0.1) is 0 Å². The van der Waals surface area contributed by atoms with Crippen LogP contribution in [0.15, 0.2) is 29.4 Å². The van der Waals surface area contributed by atoms with Gasteiger partial charge < -0.3 is 16.3 Å². The first-order valence-electron chi connectivity index (χ1n) is 5.06. The van der Waals surface area contributed by atoms with E-state index in [0.29, 0.717) is 12.6 Å². The summed E-state index contributed by atoms with van der Waals surface area (Å²) in [5, 5.41) is 14.6. The molecule has 4 heteroatoms. The van der Waals surface area contributed by atoms with Crippen molar-refractivity contribution in [3.05, 3.63) is 35.4 Å². The molecule has 1 aromatic rings. The zero-order valence-corrected chi connectivity index (χ0v) is 8.48. The molecule has 0 heterocycles. The molecule has 4 nitrogen and oxygen atoms in total. The molecule has 0 spiro atoms. The van der Waals surface area contributed by atoms with Crippen molar-refractivity contribution in [1.29, 1.82) is 0 Å². The maximum absolute atomic E-state index is 8.41. The van der Waals surface area contributed by atoms with Gasteiger partial charge in [0.1, 0.15) is 0 Å². The van der Waals surface area contributed by atoms with E-state index in [9.17, 15) is 0 Å². The second kappa shape index (κ2) is 4.31. The van der Waals surface area contributed by atoms with Gasteiger partial charge in [-0.3, -0.25) is 0 Å². The predicted octanol–water partition coefficient (Wildman–Crippen LogP) is 0.490. The van der Waals surface area contributed by atoms with Crippen LogP contribution >= 0.6 is 0 Å². The standard InChI is InChI=1S/C11H15N3O/c12-11(14-15)7-13-10-5-8-3-1-2-4-9(8)6-10/h1-4,10,13,15H,5-7H2,(H2,12,14). The van der Waals surface area contributed by atoms with Crippen molar-refractivity contribution >= 4 is 5.84 Å². The average molecular weight is 205 g/mol. The van der Waals surface area contributed by atoms with Gasteiger partial charge in [0.25, 0.3) is 0 Å². The molecule has 1 aliphatic rings. The number of oxime groups is 1. The third-order valence-corrected chi connectivity index (χ3v) is 2.75. The lowest BCUT2D eigenvalue weighted by atomic mass is 10.1. The first-order chi connectivity index (χ1) is 7.29. The number of nitrogens with two attached hydrogens (primary N) is 1. The Morgan fingerprint density at radius 2 is 2.00 bits per heavy atom. The van der Waals surface area contributed by atoms with Crippen molar-refractivity contribution in [3.63, 3.8) is 0 Å². The molecule has 0 unspecified atom stereocenters. The van der Waals surface area contributed by atoms with Crippen molar-refractivity contribution in [3.8, 4) is 0 Å². The summed E-state index contributed by atoms with van der Waals surface area (Å²) in [6, 6.07) is 8.83. The summed E-state index contributed by atoms with van der Waals surface area (Å²) in [6.45, 7) is 0.440. The normalized spacial score (nSPS) is 16.7. The van der Waals surface area contributed by atoms with Crippen LogP contribution in [0.4, 0.5) is 0 Å². The molecule has 0 radical (unpaired) electrons. The quantitative estimate of drug-likeness (QED) is 0.291. The zero-order chi connectivity index (χ0) is 10.7. The Hall–Kier alpha value is -1.55. The highest BCUT2D eigenvalue weighted by atomic mass is 16.4. The molecule has 0 bridgehead atoms. The number of nitrogens with zero attached hydrogens (tertiary/aromatic N) is 1. The smallest absolute Gasteiger partial charge is 0.153 e. The Bertz CT molecular complexity index is 351. The fraction of sp³-hybridized carbons (Fsp3) is 0.364. The molecule has 0 fully saturated rings. The molecule has 1 aromatic carbocycles. The van der Waals surface area contributed by atoms with Crippen LogP contribution in [0.25, 0.3) is 0 Å². The monoisotopic (exact) mass is 205 g/mol. The van der Waals surface area contributed by atoms with Crippen LogP contribution in [0.2, 0.25) is 0 Å². The molecule has 0 aliphatic heterocycles. The summed E-state index contributed by atoms with van der Waals surface area (Å²) in [5.74, 6) is 0.228. The van der Waals surface area contributed by atoms with Gasteiger partial charge in [0.05, 0.1) is 6.54 Å². The lowest BCUT2D eigenvalue weighted by Gasteiger charge is -2.10. The van der Waals surface area contributed by atoms with E-state index >= 15 is 0 Å². The van der Waals surface area contributed by atoms with E-state index < -0.39 is 0 Å². The van der Waals surface area contributed by atoms with Crippen molar-refractivity contribution in [2.24, 2.45) is 10.9 Å². The maximum atomic E-state index is 8.41. The van der Waals surface area contributed by atoms with Gasteiger partial charge in [0.15, 0.2) is 5.84 Å². The molecule has 4 N–H and O–H groups in total. The number of hydrogen-bond donors (Lipinski definition) is 3. The predicted molar refractivity (Wildman–Crippen MR) is 59.0 cm³/mol. The number of benzene rings is 1. The first kappa shape index (κ1) is 9.98. The third-order valence-electron chi connectivity index (χ3n) is 2.75. The highest BCUT2D eigenvalue weighted by molar-refractivity contribution is 5.81. The summed E-state index contributed by atoms with van der Waals surface area (Å²) >= 11 is 0. The first-order valence-corrected chi connectivity index (χ1v) is 5.06. The molecule has 0 saturated heterocycles. The summed E-state index contributed by atoms with van der Waals surface area (Å²) in [7, 11) is 0. The van der Waals surface area contributed by atoms with Crippen LogP contribution in [-0.2, 0) is 12.8 Å². The highest BCUT2D eigenvalue weighted by Gasteiger charge is 2.20. The van der Waals surface area contributed by atoms with E-state index in [1.54, 1.807) is 0 Å². The molecule has 15 heavy (non-hydrogen) atoms. The van der Waals surface area contributed by atoms with Gasteiger partial charge in [-0.05, 0) is 24.0 Å². The molecule has 0 saturated carbocycles. The van der Waals surface area contributed by atoms with Crippen LogP contribution < -0.4 is 11.1 Å². The topological polar surface area (TPSA) is 70.6 Å². The van der Waals surface area contributed by atoms with Crippen molar-refractivity contribution < 1.29 is 5.21 Å². The Kier molecular flexibility index (Phi) is 2.87. The van der Waals surface area contributed by atoms with Crippen molar-refractivity contribution in [1.82, 2.24) is 5.32 Å². The van der Waals surface area contributed by atoms with E-state index in [4.69, 9.17) is 10.9 Å². The van der Waals surface area contributed by atoms with E-state index in [-0.39, 0.29) is 5.84 Å². The molecule has 0 aromatic heterocycles. The van der Waals surface area contributed by atoms with Gasteiger partial charge in [-0.1, -0.05) is 29.4 Å². The second-order valence-corrected chi connectivity index (χ2v) is 3.85. The van der Waals surface area contributed by atoms with Gasteiger partial charge >= 0.3 is 0 Å². The van der Waals surface area contributed by atoms with Crippen LogP contribution in [0, 0.1) is 0 Å². The zero-order valence-electron chi connectivity index (χ0n) is 8.48. The Balaban J connectivity index is 1.91. The number of fused-ring (bicyclic) bond motifs is 1. The van der Waals surface area contributed by atoms with Crippen LogP contribution in [0.3, 0.4) is 0 Å². The largest absolute Gasteiger partial charge is 0.409 e. The summed E-state index contributed by atoms with van der Waals surface area (Å²) in [5.41, 5.74) is 8.19. The van der Waals surface area contributed by atoms with Gasteiger partial charge in [-0.25, -0.2) is 0 Å². The number of nitrogens with one attached hydrogen (secondary N) is 1. The summed E-state index contributed by atoms with van der Waals surface area (Å²) in [6.07, 6.45) is 2.05. The van der Waals surface area contributed by atoms with Crippen LogP contribution in [0.5, 0.6) is 0 Å². The highest BCUT2D eigenvalue weighted by Crippen LogP contribution is 2.21.